The third-order valence-corrected chi connectivity index (χ3v) is 5.57. The summed E-state index contributed by atoms with van der Waals surface area (Å²) in [5, 5.41) is 0. The van der Waals surface area contributed by atoms with Gasteiger partial charge in [0.15, 0.2) is 0 Å². The van der Waals surface area contributed by atoms with Crippen molar-refractivity contribution in [3.05, 3.63) is 46.5 Å². The Morgan fingerprint density at radius 2 is 1.80 bits per heavy atom. The van der Waals surface area contributed by atoms with Gasteiger partial charge in [0.1, 0.15) is 0 Å². The van der Waals surface area contributed by atoms with Crippen LogP contribution in [-0.4, -0.2) is 36.5 Å². The molecule has 3 rings (SSSR count). The highest BCUT2D eigenvalue weighted by molar-refractivity contribution is 9.10. The monoisotopic (exact) mass is 405 g/mol. The number of carbonyl (C=O) groups is 2. The van der Waals surface area contributed by atoms with Crippen LogP contribution in [0.15, 0.2) is 40.9 Å². The fraction of sp³-hybridized carbons (Fsp3) is 0.500. The van der Waals surface area contributed by atoms with Crippen LogP contribution in [0.4, 0.5) is 0 Å². The minimum atomic E-state index is -0.0923. The van der Waals surface area contributed by atoms with E-state index in [1.807, 2.05) is 29.2 Å². The highest BCUT2D eigenvalue weighted by atomic mass is 79.9. The van der Waals surface area contributed by atoms with Crippen molar-refractivity contribution in [1.29, 1.82) is 0 Å². The van der Waals surface area contributed by atoms with Crippen LogP contribution >= 0.6 is 15.9 Å². The maximum Gasteiger partial charge on any atom is 0.309 e. The Morgan fingerprint density at radius 3 is 2.44 bits per heavy atom. The number of amides is 1. The quantitative estimate of drug-likeness (QED) is 0.556. The largest absolute Gasteiger partial charge is 0.465 e. The second kappa shape index (κ2) is 8.65. The number of likely N-dealkylation sites (tertiary alicyclic amines) is 1. The van der Waals surface area contributed by atoms with Gasteiger partial charge in [-0.1, -0.05) is 28.1 Å². The second-order valence-corrected chi connectivity index (χ2v) is 7.77. The van der Waals surface area contributed by atoms with Crippen LogP contribution < -0.4 is 0 Å². The first-order valence-corrected chi connectivity index (χ1v) is 9.79. The van der Waals surface area contributed by atoms with Crippen molar-refractivity contribution in [3.8, 4) is 0 Å². The number of hydrogen-bond donors (Lipinski definition) is 0. The summed E-state index contributed by atoms with van der Waals surface area (Å²) < 4.78 is 6.49. The summed E-state index contributed by atoms with van der Waals surface area (Å²) in [5.74, 6) is 0.333. The molecule has 1 fully saturated rings. The fourth-order valence-electron chi connectivity index (χ4n) is 3.42. The highest BCUT2D eigenvalue weighted by Crippen LogP contribution is 2.23. The number of ether oxygens (including phenoxy) is 1. The van der Waals surface area contributed by atoms with Gasteiger partial charge < -0.3 is 9.64 Å². The molecular formula is C20H24BrNO3. The maximum absolute atomic E-state index is 12.5. The summed E-state index contributed by atoms with van der Waals surface area (Å²) in [6, 6.07) is 7.40. The molecule has 0 radical (unpaired) electrons. The molecule has 1 aliphatic carbocycles. The molecule has 1 heterocycles. The van der Waals surface area contributed by atoms with Crippen LogP contribution in [0.2, 0.25) is 0 Å². The van der Waals surface area contributed by atoms with Crippen LogP contribution in [-0.2, 0) is 9.53 Å². The van der Waals surface area contributed by atoms with Gasteiger partial charge in [-0.25, -0.2) is 0 Å². The van der Waals surface area contributed by atoms with Gasteiger partial charge in [-0.05, 0) is 62.3 Å². The first-order valence-electron chi connectivity index (χ1n) is 9.00. The minimum absolute atomic E-state index is 0.0355. The van der Waals surface area contributed by atoms with Crippen molar-refractivity contribution in [2.75, 3.05) is 19.7 Å². The molecule has 0 saturated carbocycles. The number of benzene rings is 1. The fourth-order valence-corrected chi connectivity index (χ4v) is 3.68. The van der Waals surface area contributed by atoms with Crippen molar-refractivity contribution < 1.29 is 14.3 Å². The number of esters is 1. The van der Waals surface area contributed by atoms with Gasteiger partial charge in [0, 0.05) is 23.1 Å². The lowest BCUT2D eigenvalue weighted by atomic mass is 9.94. The van der Waals surface area contributed by atoms with Gasteiger partial charge in [0.05, 0.1) is 12.5 Å². The van der Waals surface area contributed by atoms with E-state index in [4.69, 9.17) is 4.74 Å². The van der Waals surface area contributed by atoms with E-state index in [-0.39, 0.29) is 17.8 Å². The smallest absolute Gasteiger partial charge is 0.309 e. The highest BCUT2D eigenvalue weighted by Gasteiger charge is 2.29. The molecule has 1 saturated heterocycles. The predicted octanol–water partition coefficient (Wildman–Crippen LogP) is 4.20. The summed E-state index contributed by atoms with van der Waals surface area (Å²) in [6.45, 7) is 1.75. The Morgan fingerprint density at radius 1 is 1.08 bits per heavy atom. The van der Waals surface area contributed by atoms with Gasteiger partial charge in [0.2, 0.25) is 0 Å². The Kier molecular flexibility index (Phi) is 6.29. The van der Waals surface area contributed by atoms with Gasteiger partial charge in [0.25, 0.3) is 5.91 Å². The normalized spacial score (nSPS) is 21.2. The molecule has 0 bridgehead atoms. The lowest BCUT2D eigenvalue weighted by Gasteiger charge is -2.31. The molecule has 1 aromatic carbocycles. The Hall–Kier alpha value is -1.62. The Labute approximate surface area is 157 Å². The molecule has 1 atom stereocenters. The molecule has 1 aromatic rings. The first-order chi connectivity index (χ1) is 12.1. The summed E-state index contributed by atoms with van der Waals surface area (Å²) in [6.07, 6.45) is 8.93. The molecule has 25 heavy (non-hydrogen) atoms. The number of rotatable bonds is 4. The third-order valence-electron chi connectivity index (χ3n) is 5.05. The molecule has 1 unspecified atom stereocenters. The van der Waals surface area contributed by atoms with E-state index in [0.717, 1.165) is 23.7 Å². The maximum atomic E-state index is 12.5. The Bertz CT molecular complexity index is 633. The molecule has 5 heteroatoms. The summed E-state index contributed by atoms with van der Waals surface area (Å²) in [7, 11) is 0. The van der Waals surface area contributed by atoms with Crippen LogP contribution in [0, 0.1) is 11.8 Å². The number of hydrogen-bond acceptors (Lipinski definition) is 3. The van der Waals surface area contributed by atoms with E-state index in [9.17, 15) is 9.59 Å². The minimum Gasteiger partial charge on any atom is -0.465 e. The molecular weight excluding hydrogens is 382 g/mol. The molecule has 0 N–H and O–H groups in total. The predicted molar refractivity (Wildman–Crippen MR) is 100 cm³/mol. The molecule has 0 aromatic heterocycles. The van der Waals surface area contributed by atoms with Gasteiger partial charge in [-0.15, -0.1) is 0 Å². The molecule has 4 nitrogen and oxygen atoms in total. The molecule has 0 spiro atoms. The lowest BCUT2D eigenvalue weighted by molar-refractivity contribution is -0.151. The summed E-state index contributed by atoms with van der Waals surface area (Å²) >= 11 is 3.38. The lowest BCUT2D eigenvalue weighted by Crippen LogP contribution is -2.40. The van der Waals surface area contributed by atoms with E-state index < -0.39 is 0 Å². The molecule has 2 aliphatic rings. The number of piperidine rings is 1. The third kappa shape index (κ3) is 4.94. The van der Waals surface area contributed by atoms with Crippen LogP contribution in [0.25, 0.3) is 0 Å². The number of nitrogens with zero attached hydrogens (tertiary/aromatic N) is 1. The number of halogens is 1. The van der Waals surface area contributed by atoms with Gasteiger partial charge in [-0.2, -0.15) is 0 Å². The van der Waals surface area contributed by atoms with Gasteiger partial charge in [-0.3, -0.25) is 9.59 Å². The van der Waals surface area contributed by atoms with Crippen molar-refractivity contribution in [3.63, 3.8) is 0 Å². The standard InChI is InChI=1S/C20H24BrNO3/c21-18-8-6-16(7-9-18)19(23)22-12-10-17(11-13-22)20(24)25-14-15-4-2-1-3-5-15/h1-2,6-9,15,17H,3-5,10-14H2. The second-order valence-electron chi connectivity index (χ2n) is 6.85. The van der Waals surface area contributed by atoms with Crippen LogP contribution in [0.1, 0.15) is 42.5 Å². The van der Waals surface area contributed by atoms with Crippen LogP contribution in [0.5, 0.6) is 0 Å². The van der Waals surface area contributed by atoms with Crippen LogP contribution in [0.3, 0.4) is 0 Å². The number of allylic oxidation sites excluding steroid dienone is 2. The summed E-state index contributed by atoms with van der Waals surface area (Å²) in [5.41, 5.74) is 0.689. The first kappa shape index (κ1) is 18.2. The molecule has 1 aliphatic heterocycles. The van der Waals surface area contributed by atoms with Gasteiger partial charge >= 0.3 is 5.97 Å². The van der Waals surface area contributed by atoms with E-state index in [0.29, 0.717) is 44.0 Å². The van der Waals surface area contributed by atoms with Crippen molar-refractivity contribution in [1.82, 2.24) is 4.90 Å². The van der Waals surface area contributed by atoms with E-state index in [2.05, 4.69) is 28.1 Å². The van der Waals surface area contributed by atoms with E-state index >= 15 is 0 Å². The average Bonchev–Trinajstić information content (AvgIpc) is 2.67. The zero-order chi connectivity index (χ0) is 17.6. The van der Waals surface area contributed by atoms with Crippen molar-refractivity contribution >= 4 is 27.8 Å². The molecule has 134 valence electrons. The topological polar surface area (TPSA) is 46.6 Å². The van der Waals surface area contributed by atoms with E-state index in [1.165, 1.54) is 0 Å². The SMILES string of the molecule is O=C(OCC1CC=CCC1)C1CCN(C(=O)c2ccc(Br)cc2)CC1. The number of carbonyl (C=O) groups excluding carboxylic acids is 2. The summed E-state index contributed by atoms with van der Waals surface area (Å²) in [4.78, 5) is 26.6. The zero-order valence-electron chi connectivity index (χ0n) is 14.3. The van der Waals surface area contributed by atoms with E-state index in [1.54, 1.807) is 0 Å². The van der Waals surface area contributed by atoms with Crippen molar-refractivity contribution in [2.24, 2.45) is 11.8 Å². The zero-order valence-corrected chi connectivity index (χ0v) is 15.9. The molecule has 1 amide bonds. The Balaban J connectivity index is 1.44. The average molecular weight is 406 g/mol. The van der Waals surface area contributed by atoms with Crippen molar-refractivity contribution in [2.45, 2.75) is 32.1 Å².